The molecule has 0 saturated carbocycles. The summed E-state index contributed by atoms with van der Waals surface area (Å²) < 4.78 is 0. The molecule has 2 unspecified atom stereocenters. The van der Waals surface area contributed by atoms with Gasteiger partial charge in [0.25, 0.3) is 5.69 Å². The van der Waals surface area contributed by atoms with Crippen LogP contribution in [0.5, 0.6) is 0 Å². The summed E-state index contributed by atoms with van der Waals surface area (Å²) >= 11 is 0. The number of hydrogen-bond acceptors (Lipinski definition) is 4. The summed E-state index contributed by atoms with van der Waals surface area (Å²) in [6, 6.07) is 5.38. The number of nitro benzene ring substituents is 1. The molecule has 2 N–H and O–H groups in total. The lowest BCUT2D eigenvalue weighted by molar-refractivity contribution is -0.384. The third-order valence-electron chi connectivity index (χ3n) is 3.60. The van der Waals surface area contributed by atoms with Crippen LogP contribution in [0, 0.1) is 16.0 Å². The van der Waals surface area contributed by atoms with Crippen molar-refractivity contribution in [3.63, 3.8) is 0 Å². The van der Waals surface area contributed by atoms with Gasteiger partial charge in [-0.15, -0.1) is 0 Å². The molecule has 0 heterocycles. The second kappa shape index (κ2) is 7.72. The van der Waals surface area contributed by atoms with Crippen molar-refractivity contribution in [2.45, 2.75) is 46.6 Å². The van der Waals surface area contributed by atoms with Crippen molar-refractivity contribution >= 4 is 17.1 Å². The van der Waals surface area contributed by atoms with Gasteiger partial charge in [-0.2, -0.15) is 0 Å². The van der Waals surface area contributed by atoms with Crippen molar-refractivity contribution < 1.29 is 4.92 Å². The molecular weight excluding hydrogens is 254 g/mol. The van der Waals surface area contributed by atoms with Gasteiger partial charge >= 0.3 is 0 Å². The van der Waals surface area contributed by atoms with Gasteiger partial charge in [0.1, 0.15) is 0 Å². The Morgan fingerprint density at radius 3 is 2.40 bits per heavy atom. The summed E-state index contributed by atoms with van der Waals surface area (Å²) in [5.74, 6) is 0.515. The van der Waals surface area contributed by atoms with Gasteiger partial charge in [-0.05, 0) is 25.3 Å². The smallest absolute Gasteiger partial charge is 0.273 e. The lowest BCUT2D eigenvalue weighted by Crippen LogP contribution is -2.23. The average molecular weight is 279 g/mol. The van der Waals surface area contributed by atoms with Gasteiger partial charge < -0.3 is 10.6 Å². The number of rotatable bonds is 8. The highest BCUT2D eigenvalue weighted by Gasteiger charge is 2.14. The molecule has 5 nitrogen and oxygen atoms in total. The van der Waals surface area contributed by atoms with E-state index in [0.717, 1.165) is 30.8 Å². The number of hydrogen-bond donors (Lipinski definition) is 2. The van der Waals surface area contributed by atoms with E-state index >= 15 is 0 Å². The zero-order valence-electron chi connectivity index (χ0n) is 12.8. The highest BCUT2D eigenvalue weighted by atomic mass is 16.6. The van der Waals surface area contributed by atoms with Crippen LogP contribution in [0.3, 0.4) is 0 Å². The van der Waals surface area contributed by atoms with Crippen LogP contribution in [-0.2, 0) is 0 Å². The number of nitro groups is 1. The zero-order chi connectivity index (χ0) is 15.1. The van der Waals surface area contributed by atoms with Gasteiger partial charge in [-0.1, -0.05) is 27.2 Å². The van der Waals surface area contributed by atoms with Crippen LogP contribution >= 0.6 is 0 Å². The van der Waals surface area contributed by atoms with Gasteiger partial charge in [0.2, 0.25) is 0 Å². The predicted molar refractivity (Wildman–Crippen MR) is 84.4 cm³/mol. The topological polar surface area (TPSA) is 67.2 Å². The van der Waals surface area contributed by atoms with E-state index in [0.29, 0.717) is 5.92 Å². The van der Waals surface area contributed by atoms with Crippen molar-refractivity contribution in [2.24, 2.45) is 5.92 Å². The quantitative estimate of drug-likeness (QED) is 0.551. The van der Waals surface area contributed by atoms with Crippen LogP contribution in [-0.4, -0.2) is 17.5 Å². The standard InChI is InChI=1S/C15H25N3O2/c1-5-7-16-13-8-14(10-15(9-13)18(19)20)17-12(4)11(3)6-2/h8-12,16-17H,5-7H2,1-4H3. The van der Waals surface area contributed by atoms with Gasteiger partial charge in [0.05, 0.1) is 4.92 Å². The normalized spacial score (nSPS) is 13.6. The summed E-state index contributed by atoms with van der Waals surface area (Å²) in [6.45, 7) is 9.29. The molecular formula is C15H25N3O2. The Hall–Kier alpha value is -1.78. The maximum atomic E-state index is 11.0. The Kier molecular flexibility index (Phi) is 6.28. The molecule has 2 atom stereocenters. The molecule has 0 aliphatic rings. The molecule has 20 heavy (non-hydrogen) atoms. The highest BCUT2D eigenvalue weighted by Crippen LogP contribution is 2.26. The molecule has 1 aromatic rings. The van der Waals surface area contributed by atoms with Crippen molar-refractivity contribution in [1.29, 1.82) is 0 Å². The maximum Gasteiger partial charge on any atom is 0.273 e. The third kappa shape index (κ3) is 4.72. The molecule has 0 spiro atoms. The van der Waals surface area contributed by atoms with Crippen LogP contribution in [0.25, 0.3) is 0 Å². The molecule has 1 aromatic carbocycles. The molecule has 1 rings (SSSR count). The number of nitrogens with zero attached hydrogens (tertiary/aromatic N) is 1. The maximum absolute atomic E-state index is 11.0. The molecule has 112 valence electrons. The largest absolute Gasteiger partial charge is 0.385 e. The van der Waals surface area contributed by atoms with Gasteiger partial charge in [-0.25, -0.2) is 0 Å². The molecule has 0 bridgehead atoms. The predicted octanol–water partition coefficient (Wildman–Crippen LogP) is 4.26. The fourth-order valence-electron chi connectivity index (χ4n) is 1.93. The number of non-ortho nitro benzene ring substituents is 1. The monoisotopic (exact) mass is 279 g/mol. The Balaban J connectivity index is 2.93. The highest BCUT2D eigenvalue weighted by molar-refractivity contribution is 5.63. The first-order valence-electron chi connectivity index (χ1n) is 7.27. The fraction of sp³-hybridized carbons (Fsp3) is 0.600. The van der Waals surface area contributed by atoms with Crippen LogP contribution in [0.15, 0.2) is 18.2 Å². The van der Waals surface area contributed by atoms with Crippen molar-refractivity contribution in [3.8, 4) is 0 Å². The van der Waals surface area contributed by atoms with Crippen LogP contribution in [0.2, 0.25) is 0 Å². The first-order valence-corrected chi connectivity index (χ1v) is 7.27. The van der Waals surface area contributed by atoms with Crippen molar-refractivity contribution in [3.05, 3.63) is 28.3 Å². The molecule has 0 saturated heterocycles. The minimum atomic E-state index is -0.351. The van der Waals surface area contributed by atoms with E-state index in [1.165, 1.54) is 0 Å². The minimum Gasteiger partial charge on any atom is -0.385 e. The van der Waals surface area contributed by atoms with E-state index in [1.54, 1.807) is 12.1 Å². The van der Waals surface area contributed by atoms with E-state index in [9.17, 15) is 10.1 Å². The first-order chi connectivity index (χ1) is 9.47. The molecule has 0 fully saturated rings. The summed E-state index contributed by atoms with van der Waals surface area (Å²) in [6.07, 6.45) is 2.05. The van der Waals surface area contributed by atoms with Gasteiger partial charge in [0.15, 0.2) is 0 Å². The number of benzene rings is 1. The lowest BCUT2D eigenvalue weighted by atomic mass is 10.0. The lowest BCUT2D eigenvalue weighted by Gasteiger charge is -2.21. The molecule has 5 heteroatoms. The van der Waals surface area contributed by atoms with Crippen LogP contribution < -0.4 is 10.6 Å². The van der Waals surface area contributed by atoms with Crippen LogP contribution in [0.1, 0.15) is 40.5 Å². The average Bonchev–Trinajstić information content (AvgIpc) is 2.43. The van der Waals surface area contributed by atoms with Crippen molar-refractivity contribution in [2.75, 3.05) is 17.2 Å². The van der Waals surface area contributed by atoms with E-state index < -0.39 is 0 Å². The first kappa shape index (κ1) is 16.3. The van der Waals surface area contributed by atoms with Gasteiger partial charge in [-0.3, -0.25) is 10.1 Å². The Morgan fingerprint density at radius 2 is 1.85 bits per heavy atom. The zero-order valence-corrected chi connectivity index (χ0v) is 12.8. The molecule has 0 aliphatic carbocycles. The van der Waals surface area contributed by atoms with E-state index in [4.69, 9.17) is 0 Å². The summed E-state index contributed by atoms with van der Waals surface area (Å²) in [5.41, 5.74) is 1.70. The molecule has 0 aromatic heterocycles. The van der Waals surface area contributed by atoms with E-state index in [2.05, 4.69) is 38.3 Å². The van der Waals surface area contributed by atoms with Gasteiger partial charge in [0, 0.05) is 36.1 Å². The fourth-order valence-corrected chi connectivity index (χ4v) is 1.93. The van der Waals surface area contributed by atoms with E-state index in [1.807, 2.05) is 6.07 Å². The van der Waals surface area contributed by atoms with Crippen LogP contribution in [0.4, 0.5) is 17.1 Å². The molecule has 0 amide bonds. The van der Waals surface area contributed by atoms with Crippen molar-refractivity contribution in [1.82, 2.24) is 0 Å². The second-order valence-electron chi connectivity index (χ2n) is 5.27. The summed E-state index contributed by atoms with van der Waals surface area (Å²) in [7, 11) is 0. The third-order valence-corrected chi connectivity index (χ3v) is 3.60. The summed E-state index contributed by atoms with van der Waals surface area (Å²) in [5, 5.41) is 17.6. The molecule has 0 aliphatic heterocycles. The molecule has 0 radical (unpaired) electrons. The Labute approximate surface area is 120 Å². The number of anilines is 2. The number of nitrogens with one attached hydrogen (secondary N) is 2. The second-order valence-corrected chi connectivity index (χ2v) is 5.27. The minimum absolute atomic E-state index is 0.116. The summed E-state index contributed by atoms with van der Waals surface area (Å²) in [4.78, 5) is 10.7. The van der Waals surface area contributed by atoms with E-state index in [-0.39, 0.29) is 16.7 Å². The SMILES string of the molecule is CCCNc1cc(NC(C)C(C)CC)cc([N+](=O)[O-])c1. The Bertz CT molecular complexity index is 449. The Morgan fingerprint density at radius 1 is 1.20 bits per heavy atom.